The first-order valence-electron chi connectivity index (χ1n) is 2.88. The van der Waals surface area contributed by atoms with E-state index in [9.17, 15) is 4.79 Å². The third kappa shape index (κ3) is 0.874. The number of hydrogen-bond donors (Lipinski definition) is 1. The van der Waals surface area contributed by atoms with E-state index in [1.165, 1.54) is 28.1 Å². The van der Waals surface area contributed by atoms with E-state index < -0.39 is 0 Å². The van der Waals surface area contributed by atoms with E-state index in [1.54, 1.807) is 0 Å². The van der Waals surface area contributed by atoms with E-state index in [0.29, 0.717) is 10.1 Å². The summed E-state index contributed by atoms with van der Waals surface area (Å²) in [7, 11) is 0. The Morgan fingerprint density at radius 1 is 1.64 bits per heavy atom. The van der Waals surface area contributed by atoms with Gasteiger partial charge in [0.1, 0.15) is 0 Å². The van der Waals surface area contributed by atoms with Gasteiger partial charge >= 0.3 is 0 Å². The average molecular weight is 168 g/mol. The molecule has 0 aliphatic rings. The largest absolute Gasteiger partial charge is 0.374 e. The molecule has 0 fully saturated rings. The van der Waals surface area contributed by atoms with Crippen molar-refractivity contribution in [1.29, 1.82) is 0 Å². The Labute approximate surface area is 65.1 Å². The number of aromatic nitrogens is 3. The van der Waals surface area contributed by atoms with Gasteiger partial charge in [0.25, 0.3) is 5.56 Å². The molecule has 0 saturated carbocycles. The van der Waals surface area contributed by atoms with Crippen molar-refractivity contribution in [2.75, 3.05) is 5.73 Å². The molecule has 0 aliphatic carbocycles. The number of nitrogens with zero attached hydrogens (tertiary/aromatic N) is 3. The summed E-state index contributed by atoms with van der Waals surface area (Å²) in [6.07, 6.45) is 1.44. The number of hydrogen-bond acceptors (Lipinski definition) is 5. The molecule has 0 spiro atoms. The Hall–Kier alpha value is -1.43. The fourth-order valence-corrected chi connectivity index (χ4v) is 1.40. The topological polar surface area (TPSA) is 73.3 Å². The van der Waals surface area contributed by atoms with Crippen LogP contribution >= 0.6 is 11.3 Å². The molecule has 0 aliphatic heterocycles. The molecular weight excluding hydrogens is 164 g/mol. The second-order valence-electron chi connectivity index (χ2n) is 1.92. The maximum Gasteiger partial charge on any atom is 0.275 e. The lowest BCUT2D eigenvalue weighted by Gasteiger charge is -1.83. The Bertz CT molecular complexity index is 445. The highest BCUT2D eigenvalue weighted by atomic mass is 32.1. The van der Waals surface area contributed by atoms with Crippen LogP contribution in [0.3, 0.4) is 0 Å². The van der Waals surface area contributed by atoms with Crippen molar-refractivity contribution in [3.05, 3.63) is 22.6 Å². The summed E-state index contributed by atoms with van der Waals surface area (Å²) in [5.74, 6) is 0. The predicted molar refractivity (Wildman–Crippen MR) is 41.5 cm³/mol. The lowest BCUT2D eigenvalue weighted by molar-refractivity contribution is 0.905. The van der Waals surface area contributed by atoms with E-state index in [-0.39, 0.29) is 5.56 Å². The molecule has 6 heteroatoms. The maximum absolute atomic E-state index is 11.0. The minimum Gasteiger partial charge on any atom is -0.374 e. The summed E-state index contributed by atoms with van der Waals surface area (Å²) in [6.45, 7) is 0. The van der Waals surface area contributed by atoms with E-state index in [0.717, 1.165) is 0 Å². The Morgan fingerprint density at radius 3 is 3.18 bits per heavy atom. The van der Waals surface area contributed by atoms with E-state index >= 15 is 0 Å². The van der Waals surface area contributed by atoms with Gasteiger partial charge in [-0.25, -0.2) is 4.98 Å². The van der Waals surface area contributed by atoms with Crippen LogP contribution in [0.2, 0.25) is 0 Å². The van der Waals surface area contributed by atoms with Gasteiger partial charge in [-0.05, 0) is 0 Å². The van der Waals surface area contributed by atoms with Gasteiger partial charge < -0.3 is 5.73 Å². The first-order valence-corrected chi connectivity index (χ1v) is 3.69. The zero-order chi connectivity index (χ0) is 7.84. The molecule has 2 aromatic rings. The van der Waals surface area contributed by atoms with Crippen molar-refractivity contribution >= 4 is 21.4 Å². The van der Waals surface area contributed by atoms with Crippen molar-refractivity contribution < 1.29 is 0 Å². The molecule has 2 heterocycles. The normalized spacial score (nSPS) is 10.5. The molecule has 56 valence electrons. The fraction of sp³-hybridized carbons (Fsp3) is 0. The van der Waals surface area contributed by atoms with Gasteiger partial charge in [0.2, 0.25) is 10.1 Å². The average Bonchev–Trinajstić information content (AvgIpc) is 2.31. The first-order chi connectivity index (χ1) is 5.27. The fourth-order valence-electron chi connectivity index (χ4n) is 0.758. The highest BCUT2D eigenvalue weighted by molar-refractivity contribution is 7.20. The monoisotopic (exact) mass is 168 g/mol. The summed E-state index contributed by atoms with van der Waals surface area (Å²) in [5.41, 5.74) is 5.16. The molecule has 2 aromatic heterocycles. The van der Waals surface area contributed by atoms with Crippen molar-refractivity contribution in [2.45, 2.75) is 0 Å². The van der Waals surface area contributed by atoms with Crippen LogP contribution in [0.4, 0.5) is 5.13 Å². The number of nitrogens with two attached hydrogens (primary N) is 1. The predicted octanol–water partition coefficient (Wildman–Crippen LogP) is -0.267. The van der Waals surface area contributed by atoms with Gasteiger partial charge in [-0.3, -0.25) is 4.79 Å². The minimum atomic E-state index is -0.206. The van der Waals surface area contributed by atoms with Crippen LogP contribution in [0.5, 0.6) is 0 Å². The third-order valence-corrected chi connectivity index (χ3v) is 1.94. The summed E-state index contributed by atoms with van der Waals surface area (Å²) in [6, 6.07) is 1.34. The maximum atomic E-state index is 11.0. The van der Waals surface area contributed by atoms with Crippen LogP contribution in [0, 0.1) is 0 Å². The molecule has 2 rings (SSSR count). The Balaban J connectivity index is 3.02. The van der Waals surface area contributed by atoms with Crippen molar-refractivity contribution in [3.8, 4) is 0 Å². The van der Waals surface area contributed by atoms with E-state index in [4.69, 9.17) is 5.73 Å². The molecule has 0 radical (unpaired) electrons. The lowest BCUT2D eigenvalue weighted by Crippen LogP contribution is -2.12. The van der Waals surface area contributed by atoms with Crippen LogP contribution in [0.25, 0.3) is 4.96 Å². The quantitative estimate of drug-likeness (QED) is 0.587. The van der Waals surface area contributed by atoms with Crippen LogP contribution in [-0.4, -0.2) is 14.6 Å². The molecule has 5 nitrogen and oxygen atoms in total. The van der Waals surface area contributed by atoms with Crippen LogP contribution < -0.4 is 11.3 Å². The summed E-state index contributed by atoms with van der Waals surface area (Å²) >= 11 is 1.18. The van der Waals surface area contributed by atoms with Gasteiger partial charge in [0.15, 0.2) is 0 Å². The molecule has 0 bridgehead atoms. The Morgan fingerprint density at radius 2 is 2.45 bits per heavy atom. The standard InChI is InChI=1S/C5H4N4OS/c6-4-8-9-3(10)1-2-7-5(9)11-4/h1-2H,(H2,6,8). The van der Waals surface area contributed by atoms with Gasteiger partial charge in [-0.15, -0.1) is 5.10 Å². The second kappa shape index (κ2) is 2.03. The second-order valence-corrected chi connectivity index (χ2v) is 2.91. The molecule has 0 atom stereocenters. The van der Waals surface area contributed by atoms with Gasteiger partial charge in [0, 0.05) is 12.3 Å². The first kappa shape index (κ1) is 6.29. The number of fused-ring (bicyclic) bond motifs is 1. The highest BCUT2D eigenvalue weighted by Gasteiger charge is 2.00. The van der Waals surface area contributed by atoms with Crippen LogP contribution in [0.1, 0.15) is 0 Å². The molecule has 11 heavy (non-hydrogen) atoms. The van der Waals surface area contributed by atoms with E-state index in [2.05, 4.69) is 10.1 Å². The van der Waals surface area contributed by atoms with Crippen molar-refractivity contribution in [2.24, 2.45) is 0 Å². The van der Waals surface area contributed by atoms with Crippen LogP contribution in [0.15, 0.2) is 17.1 Å². The van der Waals surface area contributed by atoms with Gasteiger partial charge in [0.05, 0.1) is 0 Å². The summed E-state index contributed by atoms with van der Waals surface area (Å²) < 4.78 is 1.18. The van der Waals surface area contributed by atoms with Crippen molar-refractivity contribution in [1.82, 2.24) is 14.6 Å². The molecule has 0 amide bonds. The highest BCUT2D eigenvalue weighted by Crippen LogP contribution is 2.10. The molecular formula is C5H4N4OS. The molecule has 0 aromatic carbocycles. The van der Waals surface area contributed by atoms with E-state index in [1.807, 2.05) is 0 Å². The molecule has 0 saturated heterocycles. The van der Waals surface area contributed by atoms with Gasteiger partial charge in [-0.2, -0.15) is 4.52 Å². The smallest absolute Gasteiger partial charge is 0.275 e. The summed E-state index contributed by atoms with van der Waals surface area (Å²) in [4.78, 5) is 15.4. The zero-order valence-corrected chi connectivity index (χ0v) is 6.21. The number of rotatable bonds is 0. The lowest BCUT2D eigenvalue weighted by atomic mass is 10.7. The zero-order valence-electron chi connectivity index (χ0n) is 5.39. The Kier molecular flexibility index (Phi) is 1.16. The van der Waals surface area contributed by atoms with Gasteiger partial charge in [-0.1, -0.05) is 11.3 Å². The number of nitrogen functional groups attached to an aromatic ring is 1. The summed E-state index contributed by atoms with van der Waals surface area (Å²) in [5, 5.41) is 4.10. The SMILES string of the molecule is Nc1nn2c(=O)ccnc2s1. The van der Waals surface area contributed by atoms with Crippen molar-refractivity contribution in [3.63, 3.8) is 0 Å². The third-order valence-electron chi connectivity index (χ3n) is 1.19. The van der Waals surface area contributed by atoms with Crippen LogP contribution in [-0.2, 0) is 0 Å². The minimum absolute atomic E-state index is 0.206. The molecule has 2 N–H and O–H groups in total. The molecule has 0 unspecified atom stereocenters. The number of anilines is 1.